The van der Waals surface area contributed by atoms with Crippen LogP contribution in [0.5, 0.6) is 0 Å². The molecule has 0 radical (unpaired) electrons. The van der Waals surface area contributed by atoms with Gasteiger partial charge in [-0.1, -0.05) is 6.42 Å². The Balaban J connectivity index is 1.73. The number of rotatable bonds is 1. The zero-order valence-corrected chi connectivity index (χ0v) is 9.32. The molecule has 1 saturated carbocycles. The van der Waals surface area contributed by atoms with Gasteiger partial charge in [-0.15, -0.1) is 0 Å². The monoisotopic (exact) mass is 205 g/mol. The van der Waals surface area contributed by atoms with Crippen LogP contribution in [0.3, 0.4) is 0 Å². The molecule has 3 atom stereocenters. The van der Waals surface area contributed by atoms with Crippen molar-refractivity contribution in [2.75, 3.05) is 0 Å². The molecule has 0 amide bonds. The van der Waals surface area contributed by atoms with Crippen LogP contribution in [0.25, 0.3) is 0 Å². The first-order chi connectivity index (χ1) is 7.33. The van der Waals surface area contributed by atoms with Crippen LogP contribution in [-0.4, -0.2) is 15.8 Å². The van der Waals surface area contributed by atoms with Gasteiger partial charge in [0.25, 0.3) is 0 Å². The number of fused-ring (bicyclic) bond motifs is 1. The normalized spacial score (nSPS) is 35.4. The van der Waals surface area contributed by atoms with Crippen LogP contribution in [0.15, 0.2) is 12.4 Å². The summed E-state index contributed by atoms with van der Waals surface area (Å²) in [6.45, 7) is 0. The van der Waals surface area contributed by atoms with Crippen LogP contribution in [0, 0.1) is 5.92 Å². The van der Waals surface area contributed by atoms with Crippen LogP contribution < -0.4 is 5.32 Å². The minimum Gasteiger partial charge on any atom is -0.307 e. The zero-order chi connectivity index (χ0) is 10.3. The number of hydrogen-bond acceptors (Lipinski definition) is 2. The third-order valence-electron chi connectivity index (χ3n) is 4.03. The maximum Gasteiger partial charge on any atom is 0.0537 e. The Labute approximate surface area is 90.9 Å². The van der Waals surface area contributed by atoms with Crippen LogP contribution in [-0.2, 0) is 7.05 Å². The summed E-state index contributed by atoms with van der Waals surface area (Å²) in [4.78, 5) is 0. The van der Waals surface area contributed by atoms with E-state index in [2.05, 4.69) is 16.6 Å². The Morgan fingerprint density at radius 1 is 1.33 bits per heavy atom. The van der Waals surface area contributed by atoms with Gasteiger partial charge in [0.05, 0.1) is 6.20 Å². The predicted molar refractivity (Wildman–Crippen MR) is 59.4 cm³/mol. The second kappa shape index (κ2) is 3.63. The maximum absolute atomic E-state index is 4.25. The molecule has 15 heavy (non-hydrogen) atoms. The molecule has 1 aromatic rings. The van der Waals surface area contributed by atoms with E-state index in [4.69, 9.17) is 0 Å². The van der Waals surface area contributed by atoms with Gasteiger partial charge in [-0.3, -0.25) is 4.68 Å². The Morgan fingerprint density at radius 3 is 3.07 bits per heavy atom. The first-order valence-corrected chi connectivity index (χ1v) is 6.07. The number of aryl methyl sites for hydroxylation is 1. The SMILES string of the molecule is Cn1cc(C2CCC3CCCC3N2)cn1. The van der Waals surface area contributed by atoms with Crippen molar-refractivity contribution in [1.29, 1.82) is 0 Å². The molecule has 0 spiro atoms. The van der Waals surface area contributed by atoms with E-state index in [0.717, 1.165) is 12.0 Å². The van der Waals surface area contributed by atoms with E-state index in [1.54, 1.807) is 0 Å². The van der Waals surface area contributed by atoms with Gasteiger partial charge >= 0.3 is 0 Å². The molecule has 3 rings (SSSR count). The quantitative estimate of drug-likeness (QED) is 0.760. The lowest BCUT2D eigenvalue weighted by molar-refractivity contribution is 0.261. The molecule has 82 valence electrons. The first-order valence-electron chi connectivity index (χ1n) is 6.07. The smallest absolute Gasteiger partial charge is 0.0537 e. The van der Waals surface area contributed by atoms with E-state index in [9.17, 15) is 0 Å². The highest BCUT2D eigenvalue weighted by Gasteiger charge is 2.33. The van der Waals surface area contributed by atoms with Crippen molar-refractivity contribution < 1.29 is 0 Å². The average molecular weight is 205 g/mol. The molecule has 1 N–H and O–H groups in total. The van der Waals surface area contributed by atoms with E-state index in [1.807, 2.05) is 17.9 Å². The third kappa shape index (κ3) is 1.69. The molecule has 2 aliphatic rings. The van der Waals surface area contributed by atoms with Gasteiger partial charge in [0.2, 0.25) is 0 Å². The fourth-order valence-electron chi connectivity index (χ4n) is 3.21. The number of nitrogens with zero attached hydrogens (tertiary/aromatic N) is 2. The highest BCUT2D eigenvalue weighted by molar-refractivity contribution is 5.12. The Bertz CT molecular complexity index is 344. The van der Waals surface area contributed by atoms with Crippen LogP contribution in [0.4, 0.5) is 0 Å². The molecule has 0 aromatic carbocycles. The maximum atomic E-state index is 4.25. The van der Waals surface area contributed by atoms with Gasteiger partial charge in [0.1, 0.15) is 0 Å². The van der Waals surface area contributed by atoms with Gasteiger partial charge in [0.15, 0.2) is 0 Å². The summed E-state index contributed by atoms with van der Waals surface area (Å²) in [6, 6.07) is 1.34. The summed E-state index contributed by atoms with van der Waals surface area (Å²) in [5.74, 6) is 0.956. The number of piperidine rings is 1. The number of aromatic nitrogens is 2. The van der Waals surface area contributed by atoms with Gasteiger partial charge in [-0.05, 0) is 31.6 Å². The third-order valence-corrected chi connectivity index (χ3v) is 4.03. The second-order valence-electron chi connectivity index (χ2n) is 5.04. The lowest BCUT2D eigenvalue weighted by Gasteiger charge is -2.33. The predicted octanol–water partition coefficient (Wildman–Crippen LogP) is 2.01. The van der Waals surface area contributed by atoms with Gasteiger partial charge in [0, 0.05) is 30.9 Å². The highest BCUT2D eigenvalue weighted by Crippen LogP contribution is 2.37. The minimum atomic E-state index is 0.554. The molecule has 1 aromatic heterocycles. The molecule has 1 aliphatic carbocycles. The Morgan fingerprint density at radius 2 is 2.27 bits per heavy atom. The minimum absolute atomic E-state index is 0.554. The standard InChI is InChI=1S/C12H19N3/c1-15-8-10(7-13-15)12-6-5-9-3-2-4-11(9)14-12/h7-9,11-12,14H,2-6H2,1H3. The largest absolute Gasteiger partial charge is 0.307 e. The molecular weight excluding hydrogens is 186 g/mol. The van der Waals surface area contributed by atoms with Crippen molar-refractivity contribution in [3.05, 3.63) is 18.0 Å². The fraction of sp³-hybridized carbons (Fsp3) is 0.750. The molecule has 0 bridgehead atoms. The molecule has 3 unspecified atom stereocenters. The lowest BCUT2D eigenvalue weighted by Crippen LogP contribution is -2.40. The summed E-state index contributed by atoms with van der Waals surface area (Å²) in [5, 5.41) is 8.05. The molecule has 2 heterocycles. The zero-order valence-electron chi connectivity index (χ0n) is 9.32. The van der Waals surface area contributed by atoms with Crippen molar-refractivity contribution in [2.24, 2.45) is 13.0 Å². The summed E-state index contributed by atoms with van der Waals surface area (Å²) in [7, 11) is 1.99. The molecule has 2 fully saturated rings. The number of hydrogen-bond donors (Lipinski definition) is 1. The number of nitrogens with one attached hydrogen (secondary N) is 1. The van der Waals surface area contributed by atoms with Crippen LogP contribution in [0.2, 0.25) is 0 Å². The molecular formula is C12H19N3. The Hall–Kier alpha value is -0.830. The van der Waals surface area contributed by atoms with E-state index in [0.29, 0.717) is 6.04 Å². The van der Waals surface area contributed by atoms with E-state index in [-0.39, 0.29) is 0 Å². The highest BCUT2D eigenvalue weighted by atomic mass is 15.2. The summed E-state index contributed by atoms with van der Waals surface area (Å²) in [6.07, 6.45) is 11.1. The molecule has 1 aliphatic heterocycles. The first kappa shape index (κ1) is 9.40. The van der Waals surface area contributed by atoms with E-state index < -0.39 is 0 Å². The van der Waals surface area contributed by atoms with Gasteiger partial charge in [-0.2, -0.15) is 5.10 Å². The summed E-state index contributed by atoms with van der Waals surface area (Å²) in [5.41, 5.74) is 1.36. The lowest BCUT2D eigenvalue weighted by atomic mass is 9.88. The van der Waals surface area contributed by atoms with E-state index >= 15 is 0 Å². The fourth-order valence-corrected chi connectivity index (χ4v) is 3.21. The van der Waals surface area contributed by atoms with Gasteiger partial charge < -0.3 is 5.32 Å². The summed E-state index contributed by atoms with van der Waals surface area (Å²) < 4.78 is 1.90. The topological polar surface area (TPSA) is 29.9 Å². The van der Waals surface area contributed by atoms with Crippen LogP contribution in [0.1, 0.15) is 43.7 Å². The van der Waals surface area contributed by atoms with Crippen molar-refractivity contribution >= 4 is 0 Å². The molecule has 3 heteroatoms. The van der Waals surface area contributed by atoms with Crippen molar-refractivity contribution in [3.8, 4) is 0 Å². The average Bonchev–Trinajstić information content (AvgIpc) is 2.84. The summed E-state index contributed by atoms with van der Waals surface area (Å²) >= 11 is 0. The van der Waals surface area contributed by atoms with Crippen molar-refractivity contribution in [2.45, 2.75) is 44.2 Å². The van der Waals surface area contributed by atoms with Crippen molar-refractivity contribution in [3.63, 3.8) is 0 Å². The second-order valence-corrected chi connectivity index (χ2v) is 5.04. The molecule has 1 saturated heterocycles. The van der Waals surface area contributed by atoms with Crippen molar-refractivity contribution in [1.82, 2.24) is 15.1 Å². The van der Waals surface area contributed by atoms with Gasteiger partial charge in [-0.25, -0.2) is 0 Å². The van der Waals surface area contributed by atoms with Crippen LogP contribution >= 0.6 is 0 Å². The molecule has 3 nitrogen and oxygen atoms in total. The Kier molecular flexibility index (Phi) is 2.28. The van der Waals surface area contributed by atoms with E-state index in [1.165, 1.54) is 37.7 Å².